The van der Waals surface area contributed by atoms with E-state index in [0.29, 0.717) is 30.7 Å². The summed E-state index contributed by atoms with van der Waals surface area (Å²) in [6, 6.07) is 17.5. The summed E-state index contributed by atoms with van der Waals surface area (Å²) in [6.45, 7) is 4.35. The van der Waals surface area contributed by atoms with Crippen molar-refractivity contribution in [2.45, 2.75) is 26.2 Å². The van der Waals surface area contributed by atoms with Crippen LogP contribution in [-0.2, 0) is 17.9 Å². The molecule has 0 amide bonds. The molecule has 2 aromatic carbocycles. The van der Waals surface area contributed by atoms with Crippen LogP contribution in [0.25, 0.3) is 0 Å². The van der Waals surface area contributed by atoms with Crippen LogP contribution in [0.15, 0.2) is 59.6 Å². The van der Waals surface area contributed by atoms with Gasteiger partial charge in [-0.1, -0.05) is 54.1 Å². The third-order valence-electron chi connectivity index (χ3n) is 3.58. The van der Waals surface area contributed by atoms with Gasteiger partial charge in [0.1, 0.15) is 0 Å². The lowest BCUT2D eigenvalue weighted by atomic mass is 10.2. The predicted octanol–water partition coefficient (Wildman–Crippen LogP) is 2.97. The van der Waals surface area contributed by atoms with Gasteiger partial charge in [-0.15, -0.1) is 0 Å². The van der Waals surface area contributed by atoms with Crippen LogP contribution >= 0.6 is 11.6 Å². The molecule has 0 saturated heterocycles. The zero-order valence-corrected chi connectivity index (χ0v) is 15.7. The SMILES string of the molecule is CCNC(=NCc1cccc(Cl)c1)NCC(O)COCc1ccccc1. The highest BCUT2D eigenvalue weighted by Crippen LogP contribution is 2.11. The molecule has 0 spiro atoms. The van der Waals surface area contributed by atoms with Crippen molar-refractivity contribution < 1.29 is 9.84 Å². The Balaban J connectivity index is 1.74. The number of hydrogen-bond donors (Lipinski definition) is 3. The van der Waals surface area contributed by atoms with Gasteiger partial charge in [-0.05, 0) is 30.2 Å². The van der Waals surface area contributed by atoms with E-state index in [1.165, 1.54) is 0 Å². The van der Waals surface area contributed by atoms with Gasteiger partial charge >= 0.3 is 0 Å². The van der Waals surface area contributed by atoms with E-state index >= 15 is 0 Å². The summed E-state index contributed by atoms with van der Waals surface area (Å²) in [4.78, 5) is 4.51. The molecule has 5 nitrogen and oxygen atoms in total. The van der Waals surface area contributed by atoms with E-state index in [4.69, 9.17) is 16.3 Å². The van der Waals surface area contributed by atoms with E-state index in [2.05, 4.69) is 15.6 Å². The van der Waals surface area contributed by atoms with Crippen molar-refractivity contribution >= 4 is 17.6 Å². The smallest absolute Gasteiger partial charge is 0.191 e. The minimum absolute atomic E-state index is 0.260. The number of aliphatic hydroxyl groups excluding tert-OH is 1. The number of benzene rings is 2. The fourth-order valence-corrected chi connectivity index (χ4v) is 2.52. The van der Waals surface area contributed by atoms with E-state index in [1.54, 1.807) is 0 Å². The Labute approximate surface area is 160 Å². The molecule has 3 N–H and O–H groups in total. The molecule has 26 heavy (non-hydrogen) atoms. The Hall–Kier alpha value is -2.08. The average Bonchev–Trinajstić information content (AvgIpc) is 2.65. The van der Waals surface area contributed by atoms with Crippen molar-refractivity contribution in [1.82, 2.24) is 10.6 Å². The molecular formula is C20H26ClN3O2. The quantitative estimate of drug-likeness (QED) is 0.465. The summed E-state index contributed by atoms with van der Waals surface area (Å²) in [5, 5.41) is 17.1. The first-order valence-corrected chi connectivity index (χ1v) is 9.11. The topological polar surface area (TPSA) is 65.9 Å². The molecule has 2 aromatic rings. The number of aliphatic imine (C=N–C) groups is 1. The third-order valence-corrected chi connectivity index (χ3v) is 3.82. The van der Waals surface area contributed by atoms with Gasteiger partial charge < -0.3 is 20.5 Å². The molecule has 0 aromatic heterocycles. The molecule has 0 fully saturated rings. The van der Waals surface area contributed by atoms with E-state index < -0.39 is 6.10 Å². The van der Waals surface area contributed by atoms with Gasteiger partial charge in [-0.3, -0.25) is 0 Å². The lowest BCUT2D eigenvalue weighted by Gasteiger charge is -2.15. The lowest BCUT2D eigenvalue weighted by Crippen LogP contribution is -2.42. The number of aliphatic hydroxyl groups is 1. The van der Waals surface area contributed by atoms with E-state index in [-0.39, 0.29) is 6.61 Å². The number of rotatable bonds is 9. The van der Waals surface area contributed by atoms with E-state index in [0.717, 1.165) is 17.7 Å². The number of nitrogens with zero attached hydrogens (tertiary/aromatic N) is 1. The first-order valence-electron chi connectivity index (χ1n) is 8.73. The summed E-state index contributed by atoms with van der Waals surface area (Å²) in [7, 11) is 0. The summed E-state index contributed by atoms with van der Waals surface area (Å²) < 4.78 is 5.55. The highest BCUT2D eigenvalue weighted by Gasteiger charge is 2.06. The third kappa shape index (κ3) is 7.87. The molecule has 1 unspecified atom stereocenters. The molecule has 140 valence electrons. The van der Waals surface area contributed by atoms with E-state index in [1.807, 2.05) is 61.5 Å². The zero-order valence-electron chi connectivity index (χ0n) is 15.0. The van der Waals surface area contributed by atoms with Crippen LogP contribution in [0, 0.1) is 0 Å². The molecule has 0 saturated carbocycles. The van der Waals surface area contributed by atoms with Crippen LogP contribution in [0.5, 0.6) is 0 Å². The Morgan fingerprint density at radius 3 is 2.62 bits per heavy atom. The average molecular weight is 376 g/mol. The Morgan fingerprint density at radius 1 is 1.12 bits per heavy atom. The number of hydrogen-bond acceptors (Lipinski definition) is 3. The molecule has 6 heteroatoms. The second kappa shape index (κ2) is 11.5. The fourth-order valence-electron chi connectivity index (χ4n) is 2.31. The molecule has 0 radical (unpaired) electrons. The van der Waals surface area contributed by atoms with Crippen LogP contribution in [0.1, 0.15) is 18.1 Å². The number of ether oxygens (including phenoxy) is 1. The van der Waals surface area contributed by atoms with Crippen LogP contribution in [-0.4, -0.2) is 36.9 Å². The maximum absolute atomic E-state index is 10.1. The largest absolute Gasteiger partial charge is 0.389 e. The van der Waals surface area contributed by atoms with Crippen LogP contribution in [0.4, 0.5) is 0 Å². The van der Waals surface area contributed by atoms with Crippen molar-refractivity contribution in [1.29, 1.82) is 0 Å². The van der Waals surface area contributed by atoms with Crippen molar-refractivity contribution in [2.24, 2.45) is 4.99 Å². The maximum Gasteiger partial charge on any atom is 0.191 e. The Bertz CT molecular complexity index is 680. The van der Waals surface area contributed by atoms with Crippen LogP contribution < -0.4 is 10.6 Å². The normalized spacial score (nSPS) is 12.7. The molecule has 1 atom stereocenters. The monoisotopic (exact) mass is 375 g/mol. The van der Waals surface area contributed by atoms with Crippen LogP contribution in [0.3, 0.4) is 0 Å². The van der Waals surface area contributed by atoms with Crippen molar-refractivity contribution in [2.75, 3.05) is 19.7 Å². The van der Waals surface area contributed by atoms with Gasteiger partial charge in [0.05, 0.1) is 25.9 Å². The first-order chi connectivity index (χ1) is 12.7. The lowest BCUT2D eigenvalue weighted by molar-refractivity contribution is 0.0308. The van der Waals surface area contributed by atoms with Gasteiger partial charge in [0.15, 0.2) is 5.96 Å². The van der Waals surface area contributed by atoms with Gasteiger partial charge in [0.2, 0.25) is 0 Å². The molecule has 0 aliphatic heterocycles. The summed E-state index contributed by atoms with van der Waals surface area (Å²) in [5.74, 6) is 0.648. The Kier molecular flexibility index (Phi) is 8.96. The minimum Gasteiger partial charge on any atom is -0.389 e. The molecule has 0 heterocycles. The number of nitrogens with one attached hydrogen (secondary N) is 2. The summed E-state index contributed by atoms with van der Waals surface area (Å²) in [6.07, 6.45) is -0.617. The van der Waals surface area contributed by atoms with Gasteiger partial charge in [-0.25, -0.2) is 4.99 Å². The van der Waals surface area contributed by atoms with Crippen molar-refractivity contribution in [3.63, 3.8) is 0 Å². The number of halogens is 1. The van der Waals surface area contributed by atoms with Crippen molar-refractivity contribution in [3.05, 3.63) is 70.7 Å². The molecular weight excluding hydrogens is 350 g/mol. The van der Waals surface area contributed by atoms with Crippen molar-refractivity contribution in [3.8, 4) is 0 Å². The maximum atomic E-state index is 10.1. The highest BCUT2D eigenvalue weighted by molar-refractivity contribution is 6.30. The van der Waals surface area contributed by atoms with Gasteiger partial charge in [0.25, 0.3) is 0 Å². The zero-order chi connectivity index (χ0) is 18.6. The predicted molar refractivity (Wildman–Crippen MR) is 106 cm³/mol. The fraction of sp³-hybridized carbons (Fsp3) is 0.350. The standard InChI is InChI=1S/C20H26ClN3O2/c1-2-22-20(23-12-17-9-6-10-18(21)11-17)24-13-19(25)15-26-14-16-7-4-3-5-8-16/h3-11,19,25H,2,12-15H2,1H3,(H2,22,23,24). The molecule has 2 rings (SSSR count). The number of guanidine groups is 1. The highest BCUT2D eigenvalue weighted by atomic mass is 35.5. The molecule has 0 aliphatic rings. The Morgan fingerprint density at radius 2 is 1.88 bits per heavy atom. The van der Waals surface area contributed by atoms with Gasteiger partial charge in [0, 0.05) is 18.1 Å². The van der Waals surface area contributed by atoms with Crippen LogP contribution in [0.2, 0.25) is 5.02 Å². The molecule has 0 bridgehead atoms. The summed E-state index contributed by atoms with van der Waals surface area (Å²) >= 11 is 5.99. The second-order valence-electron chi connectivity index (χ2n) is 5.86. The summed E-state index contributed by atoms with van der Waals surface area (Å²) in [5.41, 5.74) is 2.12. The first kappa shape index (κ1) is 20.2. The van der Waals surface area contributed by atoms with Gasteiger partial charge in [-0.2, -0.15) is 0 Å². The van der Waals surface area contributed by atoms with E-state index in [9.17, 15) is 5.11 Å². The molecule has 0 aliphatic carbocycles. The second-order valence-corrected chi connectivity index (χ2v) is 6.30. The minimum atomic E-state index is -0.617.